The first-order valence-electron chi connectivity index (χ1n) is 12.1. The van der Waals surface area contributed by atoms with Gasteiger partial charge in [0.2, 0.25) is 17.1 Å². The highest BCUT2D eigenvalue weighted by molar-refractivity contribution is 6.30. The topological polar surface area (TPSA) is 151 Å². The van der Waals surface area contributed by atoms with Crippen LogP contribution in [-0.4, -0.2) is 30.5 Å². The molecule has 10 nitrogen and oxygen atoms in total. The van der Waals surface area contributed by atoms with E-state index in [1.807, 2.05) is 0 Å². The Morgan fingerprint density at radius 3 is 2.36 bits per heavy atom. The highest BCUT2D eigenvalue weighted by atomic mass is 35.5. The average molecular weight is 553 g/mol. The smallest absolute Gasteiger partial charge is 0.342 e. The molecule has 1 atom stereocenters. The molecule has 2 amide bonds. The second-order valence-electron chi connectivity index (χ2n) is 8.42. The van der Waals surface area contributed by atoms with Gasteiger partial charge in [0.15, 0.2) is 11.9 Å². The molecule has 4 rings (SSSR count). The van der Waals surface area contributed by atoms with Gasteiger partial charge in [-0.2, -0.15) is 0 Å². The molecule has 4 aromatic rings. The van der Waals surface area contributed by atoms with Crippen LogP contribution in [0.25, 0.3) is 22.3 Å². The van der Waals surface area contributed by atoms with Gasteiger partial charge in [-0.05, 0) is 56.7 Å². The van der Waals surface area contributed by atoms with E-state index in [1.54, 1.807) is 62.4 Å². The number of carbonyl (C=O) groups is 3. The second-order valence-corrected chi connectivity index (χ2v) is 8.86. The monoisotopic (exact) mass is 552 g/mol. The molecule has 2 aromatic heterocycles. The molecule has 2 aromatic carbocycles. The molecule has 0 spiro atoms. The Hall–Kier alpha value is -4.57. The number of para-hydroxylation sites is 1. The summed E-state index contributed by atoms with van der Waals surface area (Å²) in [6.45, 7) is 4.76. The number of hydrogen-bond donors (Lipinski definition) is 2. The van der Waals surface area contributed by atoms with E-state index in [0.29, 0.717) is 16.2 Å². The minimum atomic E-state index is -1.22. The Labute approximate surface area is 227 Å². The molecular formula is C28H25ClN2O8. The quantitative estimate of drug-likeness (QED) is 0.272. The number of carbonyl (C=O) groups excluding carboxylic acids is 3. The van der Waals surface area contributed by atoms with Crippen molar-refractivity contribution in [2.24, 2.45) is 5.73 Å². The number of halogens is 1. The van der Waals surface area contributed by atoms with Crippen molar-refractivity contribution in [1.82, 2.24) is 0 Å². The lowest BCUT2D eigenvalue weighted by Gasteiger charge is -2.18. The van der Waals surface area contributed by atoms with Crippen LogP contribution in [0.5, 0.6) is 5.75 Å². The van der Waals surface area contributed by atoms with Gasteiger partial charge in [0.1, 0.15) is 22.5 Å². The van der Waals surface area contributed by atoms with Crippen molar-refractivity contribution < 1.29 is 32.7 Å². The predicted molar refractivity (Wildman–Crippen MR) is 144 cm³/mol. The number of amides is 2. The minimum Gasteiger partial charge on any atom is -0.473 e. The maximum absolute atomic E-state index is 13.5. The highest BCUT2D eigenvalue weighted by Gasteiger charge is 2.31. The standard InChI is InChI=1S/C28H25ClN2O8/c1-4-18(26(34)31-27-21(25(30)33)20(14(3)37-27)28(35)36-5-2)38-24-22(32)17-8-6-7-9-19(17)39-23(24)15-10-12-16(29)13-11-15/h6-13,18H,4-5H2,1-3H3,(H2,30,33)(H,31,34). The lowest BCUT2D eigenvalue weighted by molar-refractivity contribution is -0.123. The third kappa shape index (κ3) is 5.51. The molecule has 0 aliphatic carbocycles. The molecular weight excluding hydrogens is 528 g/mol. The van der Waals surface area contributed by atoms with Crippen molar-refractivity contribution in [2.75, 3.05) is 11.9 Å². The van der Waals surface area contributed by atoms with Gasteiger partial charge in [0, 0.05) is 10.6 Å². The first-order valence-corrected chi connectivity index (χ1v) is 12.4. The molecule has 0 radical (unpaired) electrons. The Morgan fingerprint density at radius 2 is 1.72 bits per heavy atom. The zero-order chi connectivity index (χ0) is 28.3. The van der Waals surface area contributed by atoms with Gasteiger partial charge < -0.3 is 24.0 Å². The summed E-state index contributed by atoms with van der Waals surface area (Å²) in [6, 6.07) is 13.2. The highest BCUT2D eigenvalue weighted by Crippen LogP contribution is 2.33. The summed E-state index contributed by atoms with van der Waals surface area (Å²) >= 11 is 6.03. The number of aryl methyl sites for hydroxylation is 1. The zero-order valence-electron chi connectivity index (χ0n) is 21.3. The van der Waals surface area contributed by atoms with Crippen molar-refractivity contribution in [2.45, 2.75) is 33.3 Å². The zero-order valence-corrected chi connectivity index (χ0v) is 22.1. The third-order valence-electron chi connectivity index (χ3n) is 5.83. The summed E-state index contributed by atoms with van der Waals surface area (Å²) in [4.78, 5) is 51.3. The molecule has 39 heavy (non-hydrogen) atoms. The Bertz CT molecular complexity index is 1620. The number of rotatable bonds is 9. The maximum atomic E-state index is 13.5. The van der Waals surface area contributed by atoms with Crippen molar-refractivity contribution in [3.63, 3.8) is 0 Å². The number of nitrogens with two attached hydrogens (primary N) is 1. The Morgan fingerprint density at radius 1 is 1.03 bits per heavy atom. The minimum absolute atomic E-state index is 0.0340. The van der Waals surface area contributed by atoms with E-state index in [1.165, 1.54) is 6.92 Å². The van der Waals surface area contributed by atoms with Gasteiger partial charge in [-0.25, -0.2) is 4.79 Å². The summed E-state index contributed by atoms with van der Waals surface area (Å²) in [6.07, 6.45) is -1.11. The number of benzene rings is 2. The van der Waals surface area contributed by atoms with Crippen molar-refractivity contribution in [1.29, 1.82) is 0 Å². The van der Waals surface area contributed by atoms with Crippen molar-refractivity contribution in [3.8, 4) is 17.1 Å². The van der Waals surface area contributed by atoms with E-state index in [4.69, 9.17) is 35.6 Å². The first-order chi connectivity index (χ1) is 18.7. The van der Waals surface area contributed by atoms with Gasteiger partial charge in [-0.15, -0.1) is 0 Å². The molecule has 1 unspecified atom stereocenters. The normalized spacial score (nSPS) is 11.7. The fourth-order valence-corrected chi connectivity index (χ4v) is 4.12. The van der Waals surface area contributed by atoms with E-state index < -0.39 is 29.3 Å². The number of esters is 1. The molecule has 2 heterocycles. The molecule has 0 saturated heterocycles. The van der Waals surface area contributed by atoms with Crippen LogP contribution in [0.4, 0.5) is 5.88 Å². The maximum Gasteiger partial charge on any atom is 0.342 e. The Kier molecular flexibility index (Phi) is 8.06. The van der Waals surface area contributed by atoms with Gasteiger partial charge in [0.05, 0.1) is 12.0 Å². The van der Waals surface area contributed by atoms with E-state index >= 15 is 0 Å². The molecule has 202 valence electrons. The number of fused-ring (bicyclic) bond motifs is 1. The van der Waals surface area contributed by atoms with Gasteiger partial charge >= 0.3 is 5.97 Å². The van der Waals surface area contributed by atoms with Crippen LogP contribution in [-0.2, 0) is 9.53 Å². The van der Waals surface area contributed by atoms with E-state index in [2.05, 4.69) is 5.32 Å². The third-order valence-corrected chi connectivity index (χ3v) is 6.08. The average Bonchev–Trinajstić information content (AvgIpc) is 3.24. The van der Waals surface area contributed by atoms with Crippen molar-refractivity contribution in [3.05, 3.63) is 80.7 Å². The van der Waals surface area contributed by atoms with Crippen LogP contribution in [0.2, 0.25) is 5.02 Å². The van der Waals surface area contributed by atoms with E-state index in [0.717, 1.165) is 0 Å². The van der Waals surface area contributed by atoms with Crippen LogP contribution < -0.4 is 21.2 Å². The number of hydrogen-bond acceptors (Lipinski definition) is 8. The Balaban J connectivity index is 1.73. The number of ether oxygens (including phenoxy) is 2. The van der Waals surface area contributed by atoms with Crippen molar-refractivity contribution >= 4 is 46.2 Å². The summed E-state index contributed by atoms with van der Waals surface area (Å²) in [5.74, 6) is -2.95. The molecule has 3 N–H and O–H groups in total. The molecule has 0 aliphatic heterocycles. The van der Waals surface area contributed by atoms with E-state index in [-0.39, 0.29) is 52.7 Å². The number of furan rings is 1. The molecule has 0 bridgehead atoms. The summed E-state index contributed by atoms with van der Waals surface area (Å²) in [5, 5.41) is 3.20. The van der Waals surface area contributed by atoms with Gasteiger partial charge in [-0.1, -0.05) is 30.7 Å². The largest absolute Gasteiger partial charge is 0.473 e. The van der Waals surface area contributed by atoms with Gasteiger partial charge in [0.25, 0.3) is 11.8 Å². The fourth-order valence-electron chi connectivity index (χ4n) is 4.00. The first kappa shape index (κ1) is 27.5. The van der Waals surface area contributed by atoms with Crippen LogP contribution in [0.1, 0.15) is 46.7 Å². The number of primary amides is 1. The lowest BCUT2D eigenvalue weighted by Crippen LogP contribution is -2.34. The SMILES string of the molecule is CCOC(=O)c1c(C)oc(NC(=O)C(CC)Oc2c(-c3ccc(Cl)cc3)oc3ccccc3c2=O)c1C(N)=O. The summed E-state index contributed by atoms with van der Waals surface area (Å²) in [5.41, 5.74) is 5.32. The van der Waals surface area contributed by atoms with Crippen LogP contribution in [0.15, 0.2) is 62.2 Å². The summed E-state index contributed by atoms with van der Waals surface area (Å²) < 4.78 is 22.5. The molecule has 0 saturated carbocycles. The lowest BCUT2D eigenvalue weighted by atomic mass is 10.1. The van der Waals surface area contributed by atoms with Crippen LogP contribution >= 0.6 is 11.6 Å². The molecule has 11 heteroatoms. The summed E-state index contributed by atoms with van der Waals surface area (Å²) in [7, 11) is 0. The number of nitrogens with one attached hydrogen (secondary N) is 1. The van der Waals surface area contributed by atoms with E-state index in [9.17, 15) is 19.2 Å². The van der Waals surface area contributed by atoms with Crippen LogP contribution in [0.3, 0.4) is 0 Å². The molecule has 0 aliphatic rings. The molecule has 0 fully saturated rings. The predicted octanol–water partition coefficient (Wildman–Crippen LogP) is 5.09. The van der Waals surface area contributed by atoms with Crippen LogP contribution in [0, 0.1) is 6.92 Å². The fraction of sp³-hybridized carbons (Fsp3) is 0.214. The second kappa shape index (κ2) is 11.4. The van der Waals surface area contributed by atoms with Gasteiger partial charge in [-0.3, -0.25) is 19.7 Å². The number of anilines is 1.